The number of rotatable bonds is 7. The van der Waals surface area contributed by atoms with Crippen molar-refractivity contribution in [1.82, 2.24) is 10.6 Å². The molecule has 0 saturated heterocycles. The lowest BCUT2D eigenvalue weighted by molar-refractivity contribution is -0.133. The normalized spacial score (nSPS) is 14.8. The standard InChI is InChI=1S/C16H32N2O2/c1-11(2)9-8-10-12(3)17-14(19)13(4)18-15(20)16(5,6)7/h11-13H,8-10H2,1-7H3,(H,17,19)(H,18,20). The Morgan fingerprint density at radius 1 is 0.950 bits per heavy atom. The zero-order valence-electron chi connectivity index (χ0n) is 14.2. The van der Waals surface area contributed by atoms with Crippen molar-refractivity contribution in [1.29, 1.82) is 0 Å². The second-order valence-corrected chi connectivity index (χ2v) is 7.18. The van der Waals surface area contributed by atoms with E-state index >= 15 is 0 Å². The van der Waals surface area contributed by atoms with Gasteiger partial charge in [-0.1, -0.05) is 47.5 Å². The first-order chi connectivity index (χ1) is 9.04. The molecule has 0 aliphatic heterocycles. The third kappa shape index (κ3) is 8.18. The number of carbonyl (C=O) groups excluding carboxylic acids is 2. The summed E-state index contributed by atoms with van der Waals surface area (Å²) in [7, 11) is 0. The van der Waals surface area contributed by atoms with Crippen LogP contribution in [0.4, 0.5) is 0 Å². The molecule has 0 aliphatic carbocycles. The van der Waals surface area contributed by atoms with Crippen LogP contribution in [0.5, 0.6) is 0 Å². The molecule has 20 heavy (non-hydrogen) atoms. The van der Waals surface area contributed by atoms with Crippen molar-refractivity contribution in [2.75, 3.05) is 0 Å². The van der Waals surface area contributed by atoms with Crippen LogP contribution in [0.25, 0.3) is 0 Å². The first kappa shape index (κ1) is 18.9. The molecular weight excluding hydrogens is 252 g/mol. The highest BCUT2D eigenvalue weighted by Crippen LogP contribution is 2.13. The van der Waals surface area contributed by atoms with Gasteiger partial charge in [-0.25, -0.2) is 0 Å². The van der Waals surface area contributed by atoms with Gasteiger partial charge in [0.2, 0.25) is 11.8 Å². The fourth-order valence-corrected chi connectivity index (χ4v) is 1.75. The van der Waals surface area contributed by atoms with Crippen molar-refractivity contribution in [3.63, 3.8) is 0 Å². The highest BCUT2D eigenvalue weighted by Gasteiger charge is 2.25. The molecule has 0 saturated carbocycles. The molecule has 0 bridgehead atoms. The second-order valence-electron chi connectivity index (χ2n) is 7.18. The topological polar surface area (TPSA) is 58.2 Å². The van der Waals surface area contributed by atoms with E-state index in [-0.39, 0.29) is 17.9 Å². The molecule has 0 spiro atoms. The molecular formula is C16H32N2O2. The number of carbonyl (C=O) groups is 2. The van der Waals surface area contributed by atoms with Gasteiger partial charge in [0, 0.05) is 11.5 Å². The molecule has 0 aromatic carbocycles. The minimum Gasteiger partial charge on any atom is -0.352 e. The Hall–Kier alpha value is -1.06. The van der Waals surface area contributed by atoms with Gasteiger partial charge >= 0.3 is 0 Å². The van der Waals surface area contributed by atoms with Crippen molar-refractivity contribution in [2.24, 2.45) is 11.3 Å². The molecule has 0 radical (unpaired) electrons. The Labute approximate surface area is 124 Å². The molecule has 0 fully saturated rings. The second kappa shape index (κ2) is 8.28. The Morgan fingerprint density at radius 3 is 1.95 bits per heavy atom. The van der Waals surface area contributed by atoms with E-state index in [2.05, 4.69) is 24.5 Å². The highest BCUT2D eigenvalue weighted by molar-refractivity contribution is 5.89. The molecule has 0 aliphatic rings. The van der Waals surface area contributed by atoms with E-state index in [0.29, 0.717) is 5.92 Å². The molecule has 0 aromatic heterocycles. The van der Waals surface area contributed by atoms with Crippen LogP contribution in [-0.2, 0) is 9.59 Å². The van der Waals surface area contributed by atoms with Crippen LogP contribution in [0, 0.1) is 11.3 Å². The molecule has 0 rings (SSSR count). The maximum absolute atomic E-state index is 12.0. The number of hydrogen-bond donors (Lipinski definition) is 2. The maximum Gasteiger partial charge on any atom is 0.242 e. The summed E-state index contributed by atoms with van der Waals surface area (Å²) in [5.74, 6) is 0.482. The Bertz CT molecular complexity index is 319. The van der Waals surface area contributed by atoms with Crippen molar-refractivity contribution in [2.45, 2.75) is 79.8 Å². The van der Waals surface area contributed by atoms with Crippen LogP contribution in [0.3, 0.4) is 0 Å². The first-order valence-electron chi connectivity index (χ1n) is 7.65. The molecule has 4 nitrogen and oxygen atoms in total. The number of hydrogen-bond acceptors (Lipinski definition) is 2. The van der Waals surface area contributed by atoms with Crippen molar-refractivity contribution >= 4 is 11.8 Å². The molecule has 2 N–H and O–H groups in total. The van der Waals surface area contributed by atoms with Crippen molar-refractivity contribution < 1.29 is 9.59 Å². The summed E-state index contributed by atoms with van der Waals surface area (Å²) < 4.78 is 0. The van der Waals surface area contributed by atoms with Crippen LogP contribution in [0.15, 0.2) is 0 Å². The summed E-state index contributed by atoms with van der Waals surface area (Å²) >= 11 is 0. The van der Waals surface area contributed by atoms with Crippen LogP contribution < -0.4 is 10.6 Å². The van der Waals surface area contributed by atoms with Gasteiger partial charge in [0.1, 0.15) is 6.04 Å². The van der Waals surface area contributed by atoms with E-state index < -0.39 is 11.5 Å². The Morgan fingerprint density at radius 2 is 1.50 bits per heavy atom. The summed E-state index contributed by atoms with van der Waals surface area (Å²) in [6.07, 6.45) is 3.27. The predicted molar refractivity (Wildman–Crippen MR) is 83.4 cm³/mol. The number of nitrogens with one attached hydrogen (secondary N) is 2. The van der Waals surface area contributed by atoms with Gasteiger partial charge < -0.3 is 10.6 Å². The quantitative estimate of drug-likeness (QED) is 0.755. The van der Waals surface area contributed by atoms with E-state index in [1.165, 1.54) is 6.42 Å². The third-order valence-corrected chi connectivity index (χ3v) is 3.23. The fraction of sp³-hybridized carbons (Fsp3) is 0.875. The van der Waals surface area contributed by atoms with Crippen LogP contribution >= 0.6 is 0 Å². The monoisotopic (exact) mass is 284 g/mol. The largest absolute Gasteiger partial charge is 0.352 e. The molecule has 2 unspecified atom stereocenters. The van der Waals surface area contributed by atoms with Gasteiger partial charge in [0.15, 0.2) is 0 Å². The molecule has 118 valence electrons. The van der Waals surface area contributed by atoms with Crippen LogP contribution in [0.1, 0.15) is 67.7 Å². The lowest BCUT2D eigenvalue weighted by atomic mass is 9.95. The fourth-order valence-electron chi connectivity index (χ4n) is 1.75. The average Bonchev–Trinajstić information content (AvgIpc) is 2.26. The first-order valence-corrected chi connectivity index (χ1v) is 7.65. The van der Waals surface area contributed by atoms with E-state index in [4.69, 9.17) is 0 Å². The average molecular weight is 284 g/mol. The minimum absolute atomic E-state index is 0.104. The maximum atomic E-state index is 12.0. The molecule has 0 heterocycles. The summed E-state index contributed by atoms with van der Waals surface area (Å²) in [4.78, 5) is 23.8. The van der Waals surface area contributed by atoms with Crippen molar-refractivity contribution in [3.8, 4) is 0 Å². The van der Waals surface area contributed by atoms with Gasteiger partial charge in [-0.3, -0.25) is 9.59 Å². The third-order valence-electron chi connectivity index (χ3n) is 3.23. The lowest BCUT2D eigenvalue weighted by Gasteiger charge is -2.23. The van der Waals surface area contributed by atoms with Crippen LogP contribution in [0.2, 0.25) is 0 Å². The summed E-state index contributed by atoms with van der Waals surface area (Å²) in [5, 5.41) is 5.70. The van der Waals surface area contributed by atoms with E-state index in [9.17, 15) is 9.59 Å². The Kier molecular flexibility index (Phi) is 7.84. The highest BCUT2D eigenvalue weighted by atomic mass is 16.2. The van der Waals surface area contributed by atoms with Crippen molar-refractivity contribution in [3.05, 3.63) is 0 Å². The predicted octanol–water partition coefficient (Wildman–Crippen LogP) is 2.87. The summed E-state index contributed by atoms with van der Waals surface area (Å²) in [6, 6.07) is -0.343. The van der Waals surface area contributed by atoms with Gasteiger partial charge in [-0.15, -0.1) is 0 Å². The molecule has 2 atom stereocenters. The molecule has 2 amide bonds. The van der Waals surface area contributed by atoms with E-state index in [1.54, 1.807) is 6.92 Å². The van der Waals surface area contributed by atoms with Gasteiger partial charge in [0.25, 0.3) is 0 Å². The zero-order valence-corrected chi connectivity index (χ0v) is 14.2. The van der Waals surface area contributed by atoms with Gasteiger partial charge in [-0.05, 0) is 26.2 Å². The van der Waals surface area contributed by atoms with Gasteiger partial charge in [-0.2, -0.15) is 0 Å². The molecule has 4 heteroatoms. The van der Waals surface area contributed by atoms with Crippen LogP contribution in [-0.4, -0.2) is 23.9 Å². The SMILES string of the molecule is CC(C)CCCC(C)NC(=O)C(C)NC(=O)C(C)(C)C. The summed E-state index contributed by atoms with van der Waals surface area (Å²) in [6.45, 7) is 13.6. The number of amides is 2. The van der Waals surface area contributed by atoms with E-state index in [1.807, 2.05) is 27.7 Å². The Balaban J connectivity index is 4.10. The smallest absolute Gasteiger partial charge is 0.242 e. The summed E-state index contributed by atoms with van der Waals surface area (Å²) in [5.41, 5.74) is -0.475. The van der Waals surface area contributed by atoms with E-state index in [0.717, 1.165) is 12.8 Å². The minimum atomic E-state index is -0.491. The molecule has 0 aromatic rings. The zero-order chi connectivity index (χ0) is 15.9. The van der Waals surface area contributed by atoms with Gasteiger partial charge in [0.05, 0.1) is 0 Å². The lowest BCUT2D eigenvalue weighted by Crippen LogP contribution is -2.50.